The first-order valence-corrected chi connectivity index (χ1v) is 2.24. The average Bonchev–Trinajstić information content (AvgIpc) is 1.65. The van der Waals surface area contributed by atoms with E-state index in [4.69, 9.17) is 10.2 Å². The number of rotatable bonds is 2. The molecule has 1 atom stereocenters. The normalized spacial score (nSPS) is 13.4. The topological polar surface area (TPSA) is 40.5 Å². The highest BCUT2D eigenvalue weighted by atomic mass is 16.3. The van der Waals surface area contributed by atoms with Gasteiger partial charge in [0, 0.05) is 0 Å². The summed E-state index contributed by atoms with van der Waals surface area (Å²) in [6.45, 7) is 4.90. The Labute approximate surface area is 43.1 Å². The molecule has 0 aromatic heterocycles. The second-order valence-electron chi connectivity index (χ2n) is 1.42. The quantitative estimate of drug-likeness (QED) is 0.507. The van der Waals surface area contributed by atoms with E-state index >= 15 is 0 Å². The summed E-state index contributed by atoms with van der Waals surface area (Å²) in [7, 11) is 0. The largest absolute Gasteiger partial charge is 0.510 e. The standard InChI is InChI=1S/C5H10O2/c1-3-5(7)4(2)6/h5-7H,2-3H2,1H3. The minimum absolute atomic E-state index is 0.150. The van der Waals surface area contributed by atoms with Crippen LogP contribution in [0.3, 0.4) is 0 Å². The molecule has 7 heavy (non-hydrogen) atoms. The van der Waals surface area contributed by atoms with Crippen LogP contribution in [0.15, 0.2) is 12.3 Å². The highest BCUT2D eigenvalue weighted by Crippen LogP contribution is 1.96. The van der Waals surface area contributed by atoms with Crippen LogP contribution >= 0.6 is 0 Å². The highest BCUT2D eigenvalue weighted by molar-refractivity contribution is 4.86. The number of hydrogen-bond donors (Lipinski definition) is 2. The van der Waals surface area contributed by atoms with Crippen molar-refractivity contribution in [1.82, 2.24) is 0 Å². The molecule has 42 valence electrons. The first-order chi connectivity index (χ1) is 3.18. The molecule has 0 radical (unpaired) electrons. The molecule has 0 aliphatic rings. The van der Waals surface area contributed by atoms with Crippen molar-refractivity contribution in [2.24, 2.45) is 0 Å². The lowest BCUT2D eigenvalue weighted by molar-refractivity contribution is 0.151. The van der Waals surface area contributed by atoms with Crippen LogP contribution in [0.5, 0.6) is 0 Å². The Bertz CT molecular complexity index is 68.5. The fourth-order valence-electron chi connectivity index (χ4n) is 0.236. The first kappa shape index (κ1) is 6.50. The molecule has 0 heterocycles. The molecule has 1 unspecified atom stereocenters. The predicted molar refractivity (Wildman–Crippen MR) is 28.1 cm³/mol. The molecule has 0 bridgehead atoms. The SMILES string of the molecule is C=C(O)C(O)CC. The second kappa shape index (κ2) is 2.64. The zero-order valence-electron chi connectivity index (χ0n) is 4.39. The van der Waals surface area contributed by atoms with E-state index in [0.29, 0.717) is 6.42 Å². The maximum absolute atomic E-state index is 8.59. The van der Waals surface area contributed by atoms with Gasteiger partial charge in [-0.25, -0.2) is 0 Å². The van der Waals surface area contributed by atoms with E-state index in [1.54, 1.807) is 6.92 Å². The van der Waals surface area contributed by atoms with Gasteiger partial charge in [-0.2, -0.15) is 0 Å². The summed E-state index contributed by atoms with van der Waals surface area (Å²) in [5, 5.41) is 17.0. The fourth-order valence-corrected chi connectivity index (χ4v) is 0.236. The lowest BCUT2D eigenvalue weighted by Crippen LogP contribution is -2.05. The van der Waals surface area contributed by atoms with Crippen molar-refractivity contribution in [3.8, 4) is 0 Å². The summed E-state index contributed by atoms with van der Waals surface area (Å²) in [5.74, 6) is -0.150. The average molecular weight is 102 g/mol. The van der Waals surface area contributed by atoms with Gasteiger partial charge in [0.05, 0.1) is 0 Å². The van der Waals surface area contributed by atoms with Crippen LogP contribution in [-0.4, -0.2) is 16.3 Å². The zero-order chi connectivity index (χ0) is 5.86. The number of aliphatic hydroxyl groups excluding tert-OH is 2. The van der Waals surface area contributed by atoms with Crippen LogP contribution in [0.2, 0.25) is 0 Å². The van der Waals surface area contributed by atoms with Crippen LogP contribution in [0, 0.1) is 0 Å². The van der Waals surface area contributed by atoms with E-state index in [2.05, 4.69) is 6.58 Å². The molecule has 0 aromatic carbocycles. The summed E-state index contributed by atoms with van der Waals surface area (Å²) in [6.07, 6.45) is -0.213. The van der Waals surface area contributed by atoms with Gasteiger partial charge in [0.15, 0.2) is 0 Å². The third-order valence-electron chi connectivity index (χ3n) is 0.771. The predicted octanol–water partition coefficient (Wildman–Crippen LogP) is 0.829. The lowest BCUT2D eigenvalue weighted by Gasteiger charge is -2.01. The van der Waals surface area contributed by atoms with Crippen molar-refractivity contribution in [2.45, 2.75) is 19.4 Å². The molecule has 0 rings (SSSR count). The smallest absolute Gasteiger partial charge is 0.114 e. The van der Waals surface area contributed by atoms with Gasteiger partial charge >= 0.3 is 0 Å². The Balaban J connectivity index is 3.34. The second-order valence-corrected chi connectivity index (χ2v) is 1.42. The minimum Gasteiger partial charge on any atom is -0.510 e. The Kier molecular flexibility index (Phi) is 2.45. The molecule has 0 fully saturated rings. The Morgan fingerprint density at radius 1 is 1.86 bits per heavy atom. The fraction of sp³-hybridized carbons (Fsp3) is 0.600. The molecule has 0 spiro atoms. The van der Waals surface area contributed by atoms with Gasteiger partial charge < -0.3 is 10.2 Å². The first-order valence-electron chi connectivity index (χ1n) is 2.24. The van der Waals surface area contributed by atoms with Gasteiger partial charge in [-0.1, -0.05) is 13.5 Å². The van der Waals surface area contributed by atoms with Crippen molar-refractivity contribution < 1.29 is 10.2 Å². The summed E-state index contributed by atoms with van der Waals surface area (Å²) in [4.78, 5) is 0. The summed E-state index contributed by atoms with van der Waals surface area (Å²) in [6, 6.07) is 0. The van der Waals surface area contributed by atoms with E-state index in [1.807, 2.05) is 0 Å². The lowest BCUT2D eigenvalue weighted by atomic mass is 10.2. The summed E-state index contributed by atoms with van der Waals surface area (Å²) >= 11 is 0. The molecule has 2 N–H and O–H groups in total. The van der Waals surface area contributed by atoms with Gasteiger partial charge in [-0.05, 0) is 6.42 Å². The molecule has 0 amide bonds. The number of aliphatic hydroxyl groups is 2. The van der Waals surface area contributed by atoms with Crippen molar-refractivity contribution in [1.29, 1.82) is 0 Å². The maximum atomic E-state index is 8.59. The number of hydrogen-bond acceptors (Lipinski definition) is 2. The molecule has 2 heteroatoms. The Hall–Kier alpha value is -0.500. The van der Waals surface area contributed by atoms with Crippen molar-refractivity contribution in [2.75, 3.05) is 0 Å². The van der Waals surface area contributed by atoms with Gasteiger partial charge in [0.2, 0.25) is 0 Å². The van der Waals surface area contributed by atoms with Gasteiger partial charge in [-0.15, -0.1) is 0 Å². The molecular weight excluding hydrogens is 92.1 g/mol. The molecule has 0 aromatic rings. The van der Waals surface area contributed by atoms with E-state index in [9.17, 15) is 0 Å². The zero-order valence-corrected chi connectivity index (χ0v) is 4.39. The van der Waals surface area contributed by atoms with Crippen LogP contribution in [0.1, 0.15) is 13.3 Å². The molecule has 0 saturated heterocycles. The van der Waals surface area contributed by atoms with Crippen LogP contribution in [0.25, 0.3) is 0 Å². The van der Waals surface area contributed by atoms with E-state index in [-0.39, 0.29) is 5.76 Å². The van der Waals surface area contributed by atoms with Crippen molar-refractivity contribution in [3.05, 3.63) is 12.3 Å². The van der Waals surface area contributed by atoms with Crippen molar-refractivity contribution >= 4 is 0 Å². The van der Waals surface area contributed by atoms with Gasteiger partial charge in [-0.3, -0.25) is 0 Å². The summed E-state index contributed by atoms with van der Waals surface area (Å²) in [5.41, 5.74) is 0. The maximum Gasteiger partial charge on any atom is 0.114 e. The molecule has 0 aliphatic carbocycles. The van der Waals surface area contributed by atoms with Gasteiger partial charge in [0.25, 0.3) is 0 Å². The van der Waals surface area contributed by atoms with Gasteiger partial charge in [0.1, 0.15) is 11.9 Å². The molecular formula is C5H10O2. The van der Waals surface area contributed by atoms with Crippen LogP contribution < -0.4 is 0 Å². The Morgan fingerprint density at radius 3 is 2.29 bits per heavy atom. The van der Waals surface area contributed by atoms with Crippen LogP contribution in [0.4, 0.5) is 0 Å². The highest BCUT2D eigenvalue weighted by Gasteiger charge is 2.00. The molecule has 0 aliphatic heterocycles. The van der Waals surface area contributed by atoms with Crippen LogP contribution in [-0.2, 0) is 0 Å². The monoisotopic (exact) mass is 102 g/mol. The van der Waals surface area contributed by atoms with E-state index in [0.717, 1.165) is 0 Å². The Morgan fingerprint density at radius 2 is 2.29 bits per heavy atom. The van der Waals surface area contributed by atoms with Crippen molar-refractivity contribution in [3.63, 3.8) is 0 Å². The molecule has 0 saturated carbocycles. The van der Waals surface area contributed by atoms with E-state index < -0.39 is 6.10 Å². The molecule has 2 nitrogen and oxygen atoms in total. The minimum atomic E-state index is -0.736. The third-order valence-corrected chi connectivity index (χ3v) is 0.771. The van der Waals surface area contributed by atoms with E-state index in [1.165, 1.54) is 0 Å². The third kappa shape index (κ3) is 2.23. The summed E-state index contributed by atoms with van der Waals surface area (Å²) < 4.78 is 0.